The van der Waals surface area contributed by atoms with E-state index in [4.69, 9.17) is 9.47 Å². The van der Waals surface area contributed by atoms with Gasteiger partial charge in [-0.05, 0) is 19.4 Å². The molecule has 0 aliphatic carbocycles. The summed E-state index contributed by atoms with van der Waals surface area (Å²) in [5.41, 5.74) is -1.60. The molecule has 0 aromatic rings. The number of carbonyl (C=O) groups is 2. The van der Waals surface area contributed by atoms with Crippen LogP contribution >= 0.6 is 0 Å². The summed E-state index contributed by atoms with van der Waals surface area (Å²) in [5.74, 6) is -3.41. The van der Waals surface area contributed by atoms with Crippen molar-refractivity contribution < 1.29 is 34.4 Å². The van der Waals surface area contributed by atoms with Crippen molar-refractivity contribution in [3.8, 4) is 0 Å². The number of hydrogen-bond donors (Lipinski definition) is 3. The Bertz CT molecular complexity index is 615. The van der Waals surface area contributed by atoms with Crippen molar-refractivity contribution in [1.82, 2.24) is 0 Å². The Morgan fingerprint density at radius 2 is 2.05 bits per heavy atom. The third-order valence-electron chi connectivity index (χ3n) is 4.59. The van der Waals surface area contributed by atoms with Crippen LogP contribution in [0.5, 0.6) is 0 Å². The molecule has 0 spiro atoms. The normalized spacial score (nSPS) is 41.6. The van der Waals surface area contributed by atoms with Gasteiger partial charge in [0.05, 0.1) is 24.7 Å². The van der Waals surface area contributed by atoms with Crippen LogP contribution in [0.25, 0.3) is 0 Å². The minimum atomic E-state index is -2.11. The van der Waals surface area contributed by atoms with Crippen LogP contribution in [0.2, 0.25) is 0 Å². The number of aliphatic hydroxyl groups excluding tert-OH is 1. The average Bonchev–Trinajstić information content (AvgIpc) is 2.61. The van der Waals surface area contributed by atoms with E-state index in [0.717, 1.165) is 0 Å². The van der Waals surface area contributed by atoms with E-state index < -0.39 is 36.0 Å². The lowest BCUT2D eigenvalue weighted by Crippen LogP contribution is -2.54. The SMILES string of the molecule is C[C@@H]1C[C@H]2O[C@@](O)(CC1=O)[C@](C)(O)C=C1OC(=O)C(CO)=C12. The average molecular weight is 310 g/mol. The highest BCUT2D eigenvalue weighted by Crippen LogP contribution is 2.45. The second-order valence-corrected chi connectivity index (χ2v) is 6.27. The van der Waals surface area contributed by atoms with E-state index >= 15 is 0 Å². The molecule has 3 heterocycles. The van der Waals surface area contributed by atoms with E-state index in [9.17, 15) is 24.9 Å². The van der Waals surface area contributed by atoms with Crippen molar-refractivity contribution in [3.63, 3.8) is 0 Å². The summed E-state index contributed by atoms with van der Waals surface area (Å²) in [6, 6.07) is 0. The maximum absolute atomic E-state index is 12.1. The number of ether oxygens (including phenoxy) is 2. The summed E-state index contributed by atoms with van der Waals surface area (Å²) >= 11 is 0. The van der Waals surface area contributed by atoms with Crippen LogP contribution < -0.4 is 0 Å². The van der Waals surface area contributed by atoms with Gasteiger partial charge in [-0.25, -0.2) is 4.79 Å². The van der Waals surface area contributed by atoms with E-state index in [-0.39, 0.29) is 30.0 Å². The molecule has 7 nitrogen and oxygen atoms in total. The monoisotopic (exact) mass is 310 g/mol. The number of carbonyl (C=O) groups excluding carboxylic acids is 2. The molecule has 1 fully saturated rings. The smallest absolute Gasteiger partial charge is 0.342 e. The number of ketones is 1. The first-order valence-corrected chi connectivity index (χ1v) is 7.13. The van der Waals surface area contributed by atoms with Crippen LogP contribution in [-0.4, -0.2) is 51.2 Å². The zero-order valence-electron chi connectivity index (χ0n) is 12.3. The first-order chi connectivity index (χ1) is 10.2. The molecule has 3 rings (SSSR count). The number of Topliss-reactive ketones (excluding diaryl/α,β-unsaturated/α-hetero) is 1. The molecule has 120 valence electrons. The maximum atomic E-state index is 12.1. The molecule has 0 unspecified atom stereocenters. The number of hydrogen-bond acceptors (Lipinski definition) is 7. The molecule has 0 aromatic heterocycles. The van der Waals surface area contributed by atoms with Gasteiger partial charge in [0.2, 0.25) is 5.79 Å². The summed E-state index contributed by atoms with van der Waals surface area (Å²) in [4.78, 5) is 24.0. The molecule has 0 aromatic carbocycles. The zero-order valence-corrected chi connectivity index (χ0v) is 12.3. The Kier molecular flexibility index (Phi) is 3.30. The van der Waals surface area contributed by atoms with Crippen LogP contribution in [0, 0.1) is 5.92 Å². The topological polar surface area (TPSA) is 113 Å². The molecule has 2 bridgehead atoms. The molecule has 1 saturated heterocycles. The second-order valence-electron chi connectivity index (χ2n) is 6.27. The van der Waals surface area contributed by atoms with Crippen LogP contribution in [0.3, 0.4) is 0 Å². The lowest BCUT2D eigenvalue weighted by atomic mass is 9.85. The van der Waals surface area contributed by atoms with Crippen molar-refractivity contribution in [2.45, 2.75) is 44.2 Å². The Hall–Kier alpha value is -1.54. The van der Waals surface area contributed by atoms with Crippen LogP contribution in [0.15, 0.2) is 23.0 Å². The molecule has 0 radical (unpaired) electrons. The van der Waals surface area contributed by atoms with Crippen molar-refractivity contribution in [3.05, 3.63) is 23.0 Å². The quantitative estimate of drug-likeness (QED) is 0.562. The first-order valence-electron chi connectivity index (χ1n) is 7.13. The van der Waals surface area contributed by atoms with E-state index in [1.165, 1.54) is 13.0 Å². The molecule has 22 heavy (non-hydrogen) atoms. The summed E-state index contributed by atoms with van der Waals surface area (Å²) in [6.45, 7) is 2.43. The van der Waals surface area contributed by atoms with Crippen LogP contribution in [0.1, 0.15) is 26.7 Å². The molecular weight excluding hydrogens is 292 g/mol. The van der Waals surface area contributed by atoms with Crippen molar-refractivity contribution in [2.24, 2.45) is 5.92 Å². The fourth-order valence-electron chi connectivity index (χ4n) is 3.12. The van der Waals surface area contributed by atoms with Gasteiger partial charge in [-0.2, -0.15) is 0 Å². The molecule has 3 aliphatic heterocycles. The Morgan fingerprint density at radius 3 is 2.68 bits per heavy atom. The Morgan fingerprint density at radius 1 is 1.36 bits per heavy atom. The highest BCUT2D eigenvalue weighted by Gasteiger charge is 2.56. The van der Waals surface area contributed by atoms with Gasteiger partial charge in [0.15, 0.2) is 0 Å². The largest absolute Gasteiger partial charge is 0.423 e. The lowest BCUT2D eigenvalue weighted by Gasteiger charge is -2.37. The molecule has 7 heteroatoms. The van der Waals surface area contributed by atoms with Crippen LogP contribution in [0.4, 0.5) is 0 Å². The molecule has 4 atom stereocenters. The Balaban J connectivity index is 2.21. The van der Waals surface area contributed by atoms with Gasteiger partial charge in [0, 0.05) is 11.5 Å². The predicted molar refractivity (Wildman–Crippen MR) is 72.1 cm³/mol. The summed E-state index contributed by atoms with van der Waals surface area (Å²) in [6.07, 6.45) is 0.216. The zero-order chi connectivity index (χ0) is 16.3. The summed E-state index contributed by atoms with van der Waals surface area (Å²) in [5, 5.41) is 30.7. The van der Waals surface area contributed by atoms with Gasteiger partial charge in [0.25, 0.3) is 0 Å². The first kappa shape index (κ1) is 15.4. The third-order valence-corrected chi connectivity index (χ3v) is 4.59. The van der Waals surface area contributed by atoms with Gasteiger partial charge in [-0.15, -0.1) is 0 Å². The van der Waals surface area contributed by atoms with Gasteiger partial charge in [-0.3, -0.25) is 4.79 Å². The molecule has 0 saturated carbocycles. The van der Waals surface area contributed by atoms with Gasteiger partial charge in [-0.1, -0.05) is 6.92 Å². The molecule has 3 N–H and O–H groups in total. The van der Waals surface area contributed by atoms with E-state index in [1.807, 2.05) is 0 Å². The molecule has 3 aliphatic rings. The van der Waals surface area contributed by atoms with Gasteiger partial charge < -0.3 is 24.8 Å². The Labute approximate surface area is 126 Å². The maximum Gasteiger partial charge on any atom is 0.342 e. The van der Waals surface area contributed by atoms with E-state index in [2.05, 4.69) is 0 Å². The minimum Gasteiger partial charge on any atom is -0.423 e. The second kappa shape index (κ2) is 4.73. The number of esters is 1. The third kappa shape index (κ3) is 2.04. The lowest BCUT2D eigenvalue weighted by molar-refractivity contribution is -0.286. The van der Waals surface area contributed by atoms with Gasteiger partial charge in [0.1, 0.15) is 17.1 Å². The van der Waals surface area contributed by atoms with E-state index in [0.29, 0.717) is 5.57 Å². The summed E-state index contributed by atoms with van der Waals surface area (Å²) < 4.78 is 10.7. The van der Waals surface area contributed by atoms with E-state index in [1.54, 1.807) is 6.92 Å². The standard InChI is InChI=1S/C15H18O7/c1-7-3-10-12-8(6-16)13(18)21-11(12)5-14(2,19)15(20,22-10)4-9(7)17/h5,7,10,16,19-20H,3-4,6H2,1-2H3/t7-,10-,14-,15+/m1/s1. The molecular formula is C15H18O7. The van der Waals surface area contributed by atoms with Crippen molar-refractivity contribution in [1.29, 1.82) is 0 Å². The fraction of sp³-hybridized carbons (Fsp3) is 0.600. The van der Waals surface area contributed by atoms with Crippen LogP contribution in [-0.2, 0) is 19.1 Å². The fourth-order valence-corrected chi connectivity index (χ4v) is 3.12. The number of rotatable bonds is 1. The highest BCUT2D eigenvalue weighted by molar-refractivity contribution is 5.95. The summed E-state index contributed by atoms with van der Waals surface area (Å²) in [7, 11) is 0. The predicted octanol–water partition coefficient (Wildman–Crippen LogP) is -0.447. The number of fused-ring (bicyclic) bond motifs is 4. The highest BCUT2D eigenvalue weighted by atomic mass is 16.7. The van der Waals surface area contributed by atoms with Gasteiger partial charge >= 0.3 is 5.97 Å². The van der Waals surface area contributed by atoms with Crippen molar-refractivity contribution in [2.75, 3.05) is 6.61 Å². The molecule has 0 amide bonds. The minimum absolute atomic E-state index is 0.0258. The van der Waals surface area contributed by atoms with Crippen molar-refractivity contribution >= 4 is 11.8 Å². The number of aliphatic hydroxyl groups is 3.